The van der Waals surface area contributed by atoms with Crippen molar-refractivity contribution in [2.24, 2.45) is 5.41 Å². The molecule has 1 aromatic rings. The van der Waals surface area contributed by atoms with Gasteiger partial charge in [0, 0.05) is 25.0 Å². The van der Waals surface area contributed by atoms with Crippen LogP contribution in [0.1, 0.15) is 37.0 Å². The first-order valence-corrected chi connectivity index (χ1v) is 8.29. The van der Waals surface area contributed by atoms with Gasteiger partial charge in [-0.05, 0) is 38.8 Å². The van der Waals surface area contributed by atoms with Gasteiger partial charge in [0.2, 0.25) is 5.91 Å². The Morgan fingerprint density at radius 2 is 1.91 bits per heavy atom. The van der Waals surface area contributed by atoms with Gasteiger partial charge in [-0.2, -0.15) is 0 Å². The summed E-state index contributed by atoms with van der Waals surface area (Å²) in [5.74, 6) is -0.624. The van der Waals surface area contributed by atoms with Gasteiger partial charge >= 0.3 is 0 Å². The van der Waals surface area contributed by atoms with Crippen LogP contribution in [0.15, 0.2) is 24.3 Å². The number of benzene rings is 1. The molecule has 1 aliphatic heterocycles. The quantitative estimate of drug-likeness (QED) is 0.857. The van der Waals surface area contributed by atoms with Crippen molar-refractivity contribution in [3.05, 3.63) is 35.6 Å². The molecule has 0 spiro atoms. The molecule has 1 heterocycles. The zero-order valence-corrected chi connectivity index (χ0v) is 14.2. The predicted octanol–water partition coefficient (Wildman–Crippen LogP) is 2.81. The van der Waals surface area contributed by atoms with Crippen molar-refractivity contribution in [2.75, 3.05) is 19.0 Å². The number of alkyl halides is 1. The predicted molar refractivity (Wildman–Crippen MR) is 88.0 cm³/mol. The molecule has 1 aromatic carbocycles. The number of carbonyl (C=O) groups excluding carboxylic acids is 2. The minimum atomic E-state index is -0.609. The molecule has 0 atom stereocenters. The summed E-state index contributed by atoms with van der Waals surface area (Å²) >= 11 is 5.80. The number of hydrogen-bond donors (Lipinski definition) is 1. The van der Waals surface area contributed by atoms with Crippen LogP contribution in [0.25, 0.3) is 0 Å². The van der Waals surface area contributed by atoms with Gasteiger partial charge in [-0.15, -0.1) is 11.6 Å². The summed E-state index contributed by atoms with van der Waals surface area (Å²) in [4.78, 5) is 26.1. The number of likely N-dealkylation sites (tertiary alicyclic amines) is 1. The second-order valence-electron chi connectivity index (χ2n) is 6.54. The van der Waals surface area contributed by atoms with Crippen LogP contribution in [0, 0.1) is 11.2 Å². The Bertz CT molecular complexity index is 584. The van der Waals surface area contributed by atoms with Crippen LogP contribution in [-0.4, -0.2) is 41.7 Å². The zero-order chi connectivity index (χ0) is 17.0. The lowest BCUT2D eigenvalue weighted by Gasteiger charge is -2.34. The van der Waals surface area contributed by atoms with Crippen molar-refractivity contribution in [2.45, 2.75) is 32.7 Å². The van der Waals surface area contributed by atoms with Gasteiger partial charge in [-0.3, -0.25) is 9.59 Å². The fraction of sp³-hybridized carbons (Fsp3) is 0.529. The standard InChI is InChI=1S/C17H22ClFN2O2/c1-17(2,11-18)16(23)20-12-7-9-21(10-8-12)15(22)13-5-3-4-6-14(13)19/h3-6,12H,7-11H2,1-2H3,(H,20,23). The lowest BCUT2D eigenvalue weighted by Crippen LogP contribution is -2.49. The monoisotopic (exact) mass is 340 g/mol. The molecule has 1 saturated heterocycles. The molecular weight excluding hydrogens is 319 g/mol. The molecule has 23 heavy (non-hydrogen) atoms. The molecule has 6 heteroatoms. The number of hydrogen-bond acceptors (Lipinski definition) is 2. The first kappa shape index (κ1) is 17.7. The van der Waals surface area contributed by atoms with E-state index < -0.39 is 11.2 Å². The second kappa shape index (κ2) is 7.30. The van der Waals surface area contributed by atoms with Gasteiger partial charge in [0.15, 0.2) is 0 Å². The SMILES string of the molecule is CC(C)(CCl)C(=O)NC1CCN(C(=O)c2ccccc2F)CC1. The lowest BCUT2D eigenvalue weighted by molar-refractivity contribution is -0.129. The number of halogens is 2. The number of nitrogens with zero attached hydrogens (tertiary/aromatic N) is 1. The first-order chi connectivity index (χ1) is 10.8. The van der Waals surface area contributed by atoms with Crippen molar-refractivity contribution >= 4 is 23.4 Å². The smallest absolute Gasteiger partial charge is 0.256 e. The molecule has 0 unspecified atom stereocenters. The molecule has 0 aromatic heterocycles. The van der Waals surface area contributed by atoms with E-state index in [0.29, 0.717) is 25.9 Å². The highest BCUT2D eigenvalue weighted by molar-refractivity contribution is 6.19. The van der Waals surface area contributed by atoms with Gasteiger partial charge in [0.25, 0.3) is 5.91 Å². The Hall–Kier alpha value is -1.62. The van der Waals surface area contributed by atoms with E-state index in [1.54, 1.807) is 30.9 Å². The average Bonchev–Trinajstić information content (AvgIpc) is 2.55. The summed E-state index contributed by atoms with van der Waals surface area (Å²) in [6, 6.07) is 6.02. The normalized spacial score (nSPS) is 16.3. The summed E-state index contributed by atoms with van der Waals surface area (Å²) in [5.41, 5.74) is -0.514. The van der Waals surface area contributed by atoms with Crippen LogP contribution in [0.2, 0.25) is 0 Å². The van der Waals surface area contributed by atoms with Crippen LogP contribution >= 0.6 is 11.6 Å². The Balaban J connectivity index is 1.90. The largest absolute Gasteiger partial charge is 0.353 e. The van der Waals surface area contributed by atoms with E-state index in [-0.39, 0.29) is 29.3 Å². The number of amides is 2. The van der Waals surface area contributed by atoms with Crippen LogP contribution in [-0.2, 0) is 4.79 Å². The highest BCUT2D eigenvalue weighted by Gasteiger charge is 2.31. The van der Waals surface area contributed by atoms with Gasteiger partial charge in [0.05, 0.1) is 11.0 Å². The molecule has 0 radical (unpaired) electrons. The van der Waals surface area contributed by atoms with Crippen LogP contribution in [0.5, 0.6) is 0 Å². The third-order valence-electron chi connectivity index (χ3n) is 4.17. The fourth-order valence-corrected chi connectivity index (χ4v) is 2.59. The van der Waals surface area contributed by atoms with Gasteiger partial charge < -0.3 is 10.2 Å². The molecule has 126 valence electrons. The van der Waals surface area contributed by atoms with Crippen LogP contribution in [0.4, 0.5) is 4.39 Å². The Morgan fingerprint density at radius 1 is 1.30 bits per heavy atom. The first-order valence-electron chi connectivity index (χ1n) is 7.76. The van der Waals surface area contributed by atoms with Gasteiger partial charge in [-0.1, -0.05) is 12.1 Å². The van der Waals surface area contributed by atoms with E-state index in [1.165, 1.54) is 12.1 Å². The van der Waals surface area contributed by atoms with E-state index in [9.17, 15) is 14.0 Å². The summed E-state index contributed by atoms with van der Waals surface area (Å²) in [5, 5.41) is 2.99. The topological polar surface area (TPSA) is 49.4 Å². The van der Waals surface area contributed by atoms with Crippen LogP contribution < -0.4 is 5.32 Å². The van der Waals surface area contributed by atoms with E-state index in [2.05, 4.69) is 5.32 Å². The number of nitrogens with one attached hydrogen (secondary N) is 1. The maximum Gasteiger partial charge on any atom is 0.256 e. The minimum absolute atomic E-state index is 0.0228. The molecule has 2 rings (SSSR count). The molecule has 0 saturated carbocycles. The van der Waals surface area contributed by atoms with Crippen LogP contribution in [0.3, 0.4) is 0 Å². The molecule has 1 fully saturated rings. The van der Waals surface area contributed by atoms with Crippen molar-refractivity contribution in [3.8, 4) is 0 Å². The van der Waals surface area contributed by atoms with Crippen molar-refractivity contribution in [3.63, 3.8) is 0 Å². The molecule has 0 bridgehead atoms. The van der Waals surface area contributed by atoms with Gasteiger partial charge in [-0.25, -0.2) is 4.39 Å². The molecule has 2 amide bonds. The highest BCUT2D eigenvalue weighted by Crippen LogP contribution is 2.20. The molecule has 1 N–H and O–H groups in total. The van der Waals surface area contributed by atoms with E-state index in [4.69, 9.17) is 11.6 Å². The summed E-state index contributed by atoms with van der Waals surface area (Å²) in [7, 11) is 0. The highest BCUT2D eigenvalue weighted by atomic mass is 35.5. The Morgan fingerprint density at radius 3 is 2.48 bits per heavy atom. The molecule has 0 aliphatic carbocycles. The van der Waals surface area contributed by atoms with E-state index in [0.717, 1.165) is 0 Å². The minimum Gasteiger partial charge on any atom is -0.353 e. The number of carbonyl (C=O) groups is 2. The van der Waals surface area contributed by atoms with Crippen molar-refractivity contribution < 1.29 is 14.0 Å². The average molecular weight is 341 g/mol. The summed E-state index contributed by atoms with van der Waals surface area (Å²) in [6.07, 6.45) is 1.31. The third-order valence-corrected chi connectivity index (χ3v) is 4.84. The summed E-state index contributed by atoms with van der Waals surface area (Å²) < 4.78 is 13.7. The summed E-state index contributed by atoms with van der Waals surface area (Å²) in [6.45, 7) is 4.59. The maximum absolute atomic E-state index is 13.7. The Kier molecular flexibility index (Phi) is 5.63. The molecule has 1 aliphatic rings. The third kappa shape index (κ3) is 4.22. The van der Waals surface area contributed by atoms with Gasteiger partial charge in [0.1, 0.15) is 5.82 Å². The van der Waals surface area contributed by atoms with Crippen molar-refractivity contribution in [1.82, 2.24) is 10.2 Å². The van der Waals surface area contributed by atoms with E-state index >= 15 is 0 Å². The second-order valence-corrected chi connectivity index (χ2v) is 6.80. The van der Waals surface area contributed by atoms with E-state index in [1.807, 2.05) is 0 Å². The van der Waals surface area contributed by atoms with Crippen molar-refractivity contribution in [1.29, 1.82) is 0 Å². The number of rotatable bonds is 4. The Labute approximate surface area is 141 Å². The number of piperidine rings is 1. The molecular formula is C17H22ClFN2O2. The zero-order valence-electron chi connectivity index (χ0n) is 13.4. The molecule has 4 nitrogen and oxygen atoms in total. The lowest BCUT2D eigenvalue weighted by atomic mass is 9.93. The maximum atomic E-state index is 13.7. The fourth-order valence-electron chi connectivity index (χ4n) is 2.47.